The Labute approximate surface area is 101 Å². The molecule has 1 rings (SSSR count). The number of amides is 2. The van der Waals surface area contributed by atoms with Gasteiger partial charge in [0.05, 0.1) is 0 Å². The number of piperidine rings is 1. The van der Waals surface area contributed by atoms with Gasteiger partial charge in [-0.3, -0.25) is 0 Å². The van der Waals surface area contributed by atoms with E-state index in [1.165, 1.54) is 0 Å². The van der Waals surface area contributed by atoms with E-state index in [0.29, 0.717) is 5.92 Å². The van der Waals surface area contributed by atoms with E-state index in [4.69, 9.17) is 10.2 Å². The van der Waals surface area contributed by atoms with Gasteiger partial charge >= 0.3 is 12.0 Å². The fourth-order valence-electron chi connectivity index (χ4n) is 1.92. The maximum absolute atomic E-state index is 11.7. The molecule has 6 heteroatoms. The van der Waals surface area contributed by atoms with Crippen LogP contribution in [0.3, 0.4) is 0 Å². The van der Waals surface area contributed by atoms with Gasteiger partial charge in [-0.05, 0) is 18.8 Å². The van der Waals surface area contributed by atoms with Gasteiger partial charge in [-0.15, -0.1) is 0 Å². The molecule has 1 aliphatic rings. The molecular formula is C11H20N2O4. The lowest BCUT2D eigenvalue weighted by Crippen LogP contribution is -2.45. The fourth-order valence-corrected chi connectivity index (χ4v) is 1.92. The summed E-state index contributed by atoms with van der Waals surface area (Å²) in [6, 6.07) is -0.172. The van der Waals surface area contributed by atoms with Crippen molar-refractivity contribution in [3.63, 3.8) is 0 Å². The van der Waals surface area contributed by atoms with E-state index in [9.17, 15) is 9.59 Å². The molecule has 2 atom stereocenters. The first kappa shape index (κ1) is 13.8. The van der Waals surface area contributed by atoms with Crippen molar-refractivity contribution in [2.45, 2.75) is 32.3 Å². The predicted molar refractivity (Wildman–Crippen MR) is 61.6 cm³/mol. The Hall–Kier alpha value is -1.30. The van der Waals surface area contributed by atoms with Crippen LogP contribution in [0.1, 0.15) is 26.2 Å². The third-order valence-electron chi connectivity index (χ3n) is 2.92. The molecule has 1 heterocycles. The molecule has 0 aliphatic carbocycles. The van der Waals surface area contributed by atoms with Crippen molar-refractivity contribution in [1.82, 2.24) is 10.2 Å². The lowest BCUT2D eigenvalue weighted by Gasteiger charge is -2.31. The number of hydrogen-bond donors (Lipinski definition) is 3. The number of carboxylic acids is 1. The van der Waals surface area contributed by atoms with Crippen LogP contribution in [0.25, 0.3) is 0 Å². The highest BCUT2D eigenvalue weighted by Gasteiger charge is 2.21. The first-order chi connectivity index (χ1) is 8.00. The van der Waals surface area contributed by atoms with Crippen molar-refractivity contribution in [2.24, 2.45) is 5.92 Å². The predicted octanol–water partition coefficient (Wildman–Crippen LogP) is 0.263. The van der Waals surface area contributed by atoms with Gasteiger partial charge in [-0.2, -0.15) is 0 Å². The summed E-state index contributed by atoms with van der Waals surface area (Å²) in [6.07, 6.45) is 0.772. The topological polar surface area (TPSA) is 89.9 Å². The molecule has 1 fully saturated rings. The number of hydrogen-bond acceptors (Lipinski definition) is 3. The number of nitrogens with one attached hydrogen (secondary N) is 1. The Kier molecular flexibility index (Phi) is 5.21. The van der Waals surface area contributed by atoms with Crippen molar-refractivity contribution in [1.29, 1.82) is 0 Å². The summed E-state index contributed by atoms with van der Waals surface area (Å²) in [5.74, 6) is -0.745. The summed E-state index contributed by atoms with van der Waals surface area (Å²) in [5.41, 5.74) is 0. The second kappa shape index (κ2) is 6.44. The molecule has 0 aromatic heterocycles. The number of carboxylic acid groups (broad SMARTS) is 1. The quantitative estimate of drug-likeness (QED) is 0.662. The number of urea groups is 1. The zero-order chi connectivity index (χ0) is 12.8. The minimum absolute atomic E-state index is 0.0322. The first-order valence-electron chi connectivity index (χ1n) is 5.94. The molecule has 6 nitrogen and oxygen atoms in total. The summed E-state index contributed by atoms with van der Waals surface area (Å²) >= 11 is 0. The van der Waals surface area contributed by atoms with Gasteiger partial charge in [-0.25, -0.2) is 9.59 Å². The molecule has 0 saturated carbocycles. The highest BCUT2D eigenvalue weighted by Crippen LogP contribution is 2.15. The Morgan fingerprint density at radius 1 is 1.53 bits per heavy atom. The molecule has 17 heavy (non-hydrogen) atoms. The van der Waals surface area contributed by atoms with E-state index in [-0.39, 0.29) is 19.0 Å². The average Bonchev–Trinajstić information content (AvgIpc) is 2.28. The fraction of sp³-hybridized carbons (Fsp3) is 0.818. The SMILES string of the molecule is CC1CCCN(C(=O)NCCC(O)C(=O)O)C1. The number of aliphatic carboxylic acids is 1. The maximum Gasteiger partial charge on any atom is 0.332 e. The Balaban J connectivity index is 2.22. The average molecular weight is 244 g/mol. The lowest BCUT2D eigenvalue weighted by molar-refractivity contribution is -0.146. The number of carbonyl (C=O) groups is 2. The molecule has 98 valence electrons. The standard InChI is InChI=1S/C11H20N2O4/c1-8-3-2-6-13(7-8)11(17)12-5-4-9(14)10(15)16/h8-9,14H,2-7H2,1H3,(H,12,17)(H,15,16). The molecule has 0 aromatic carbocycles. The van der Waals surface area contributed by atoms with Crippen LogP contribution in [-0.4, -0.2) is 52.9 Å². The van der Waals surface area contributed by atoms with Crippen molar-refractivity contribution in [3.05, 3.63) is 0 Å². The number of aliphatic hydroxyl groups excluding tert-OH is 1. The van der Waals surface area contributed by atoms with Gasteiger partial charge in [0.2, 0.25) is 0 Å². The molecule has 2 amide bonds. The molecule has 1 aliphatic heterocycles. The molecule has 0 spiro atoms. The normalized spacial score (nSPS) is 22.0. The monoisotopic (exact) mass is 244 g/mol. The number of likely N-dealkylation sites (tertiary alicyclic amines) is 1. The molecular weight excluding hydrogens is 224 g/mol. The van der Waals surface area contributed by atoms with E-state index in [1.54, 1.807) is 4.90 Å². The second-order valence-corrected chi connectivity index (χ2v) is 4.57. The van der Waals surface area contributed by atoms with Crippen molar-refractivity contribution in [2.75, 3.05) is 19.6 Å². The Morgan fingerprint density at radius 3 is 2.82 bits per heavy atom. The van der Waals surface area contributed by atoms with Crippen LogP contribution in [0, 0.1) is 5.92 Å². The number of rotatable bonds is 4. The van der Waals surface area contributed by atoms with Crippen molar-refractivity contribution < 1.29 is 19.8 Å². The summed E-state index contributed by atoms with van der Waals surface area (Å²) in [6.45, 7) is 3.77. The third kappa shape index (κ3) is 4.60. The number of nitrogens with zero attached hydrogens (tertiary/aromatic N) is 1. The number of carbonyl (C=O) groups excluding carboxylic acids is 1. The molecule has 1 saturated heterocycles. The van der Waals surface area contributed by atoms with Crippen LogP contribution >= 0.6 is 0 Å². The van der Waals surface area contributed by atoms with Crippen LogP contribution in [0.5, 0.6) is 0 Å². The van der Waals surface area contributed by atoms with Crippen molar-refractivity contribution in [3.8, 4) is 0 Å². The van der Waals surface area contributed by atoms with Crippen LogP contribution in [0.2, 0.25) is 0 Å². The lowest BCUT2D eigenvalue weighted by atomic mass is 10.0. The molecule has 0 aromatic rings. The van der Waals surface area contributed by atoms with Crippen LogP contribution < -0.4 is 5.32 Å². The minimum Gasteiger partial charge on any atom is -0.479 e. The van der Waals surface area contributed by atoms with E-state index >= 15 is 0 Å². The molecule has 3 N–H and O–H groups in total. The third-order valence-corrected chi connectivity index (χ3v) is 2.92. The van der Waals surface area contributed by atoms with Gasteiger partial charge in [0, 0.05) is 26.1 Å². The molecule has 0 radical (unpaired) electrons. The highest BCUT2D eigenvalue weighted by atomic mass is 16.4. The van der Waals surface area contributed by atoms with Gasteiger partial charge in [0.15, 0.2) is 6.10 Å². The van der Waals surface area contributed by atoms with Gasteiger partial charge in [0.25, 0.3) is 0 Å². The smallest absolute Gasteiger partial charge is 0.332 e. The van der Waals surface area contributed by atoms with E-state index in [2.05, 4.69) is 12.2 Å². The number of aliphatic hydroxyl groups is 1. The largest absolute Gasteiger partial charge is 0.479 e. The van der Waals surface area contributed by atoms with E-state index in [1.807, 2.05) is 0 Å². The maximum atomic E-state index is 11.7. The summed E-state index contributed by atoms with van der Waals surface area (Å²) < 4.78 is 0. The molecule has 2 unspecified atom stereocenters. The Morgan fingerprint density at radius 2 is 2.24 bits per heavy atom. The first-order valence-corrected chi connectivity index (χ1v) is 5.94. The van der Waals surface area contributed by atoms with Crippen molar-refractivity contribution >= 4 is 12.0 Å². The van der Waals surface area contributed by atoms with E-state index in [0.717, 1.165) is 25.9 Å². The van der Waals surface area contributed by atoms with Crippen LogP contribution in [0.4, 0.5) is 4.79 Å². The van der Waals surface area contributed by atoms with Crippen LogP contribution in [-0.2, 0) is 4.79 Å². The van der Waals surface area contributed by atoms with Gasteiger partial charge in [0.1, 0.15) is 0 Å². The Bertz CT molecular complexity index is 283. The highest BCUT2D eigenvalue weighted by molar-refractivity contribution is 5.74. The zero-order valence-electron chi connectivity index (χ0n) is 10.1. The molecule has 0 bridgehead atoms. The summed E-state index contributed by atoms with van der Waals surface area (Å²) in [4.78, 5) is 23.8. The summed E-state index contributed by atoms with van der Waals surface area (Å²) in [5, 5.41) is 20.1. The summed E-state index contributed by atoms with van der Waals surface area (Å²) in [7, 11) is 0. The van der Waals surface area contributed by atoms with Gasteiger partial charge < -0.3 is 20.4 Å². The van der Waals surface area contributed by atoms with E-state index < -0.39 is 12.1 Å². The second-order valence-electron chi connectivity index (χ2n) is 4.57. The zero-order valence-corrected chi connectivity index (χ0v) is 10.1. The minimum atomic E-state index is -1.41. The van der Waals surface area contributed by atoms with Gasteiger partial charge in [-0.1, -0.05) is 6.92 Å². The van der Waals surface area contributed by atoms with Crippen LogP contribution in [0.15, 0.2) is 0 Å².